The molecule has 2 heterocycles. The molecule has 0 atom stereocenters. The number of pyridine rings is 1. The van der Waals surface area contributed by atoms with Crippen LogP contribution in [0.15, 0.2) is 12.3 Å². The van der Waals surface area contributed by atoms with Gasteiger partial charge in [-0.15, -0.1) is 0 Å². The zero-order valence-electron chi connectivity index (χ0n) is 8.99. The van der Waals surface area contributed by atoms with Crippen LogP contribution in [-0.2, 0) is 6.42 Å². The molecule has 0 saturated heterocycles. The van der Waals surface area contributed by atoms with Gasteiger partial charge in [-0.25, -0.2) is 9.78 Å². The van der Waals surface area contributed by atoms with Crippen LogP contribution in [0, 0.1) is 6.92 Å². The molecular weight excluding hydrogens is 228 g/mol. The van der Waals surface area contributed by atoms with Crippen molar-refractivity contribution in [3.05, 3.63) is 34.2 Å². The Bertz CT molecular complexity index is 575. The third kappa shape index (κ3) is 1.55. The SMILES string of the molecule is CCc1nc2cc(Cl)c(C)cn2c1C(=O)O. The van der Waals surface area contributed by atoms with Crippen molar-refractivity contribution in [1.82, 2.24) is 9.38 Å². The Morgan fingerprint density at radius 2 is 2.31 bits per heavy atom. The molecular formula is C11H11ClN2O2. The standard InChI is InChI=1S/C11H11ClN2O2/c1-3-8-10(11(15)16)14-5-6(2)7(12)4-9(14)13-8/h4-5H,3H2,1-2H3,(H,15,16). The van der Waals surface area contributed by atoms with E-state index >= 15 is 0 Å². The maximum atomic E-state index is 11.2. The minimum absolute atomic E-state index is 0.220. The number of aryl methyl sites for hydroxylation is 2. The van der Waals surface area contributed by atoms with Crippen LogP contribution in [0.5, 0.6) is 0 Å². The van der Waals surface area contributed by atoms with Gasteiger partial charge in [-0.05, 0) is 18.9 Å². The molecule has 2 rings (SSSR count). The van der Waals surface area contributed by atoms with E-state index in [1.165, 1.54) is 0 Å². The lowest BCUT2D eigenvalue weighted by Gasteiger charge is -2.01. The molecule has 84 valence electrons. The van der Waals surface area contributed by atoms with Crippen molar-refractivity contribution in [2.45, 2.75) is 20.3 Å². The van der Waals surface area contributed by atoms with Gasteiger partial charge in [0.1, 0.15) is 5.65 Å². The van der Waals surface area contributed by atoms with Gasteiger partial charge in [0.15, 0.2) is 5.69 Å². The number of hydrogen-bond donors (Lipinski definition) is 1. The normalized spacial score (nSPS) is 10.9. The molecule has 0 aliphatic carbocycles. The smallest absolute Gasteiger partial charge is 0.354 e. The summed E-state index contributed by atoms with van der Waals surface area (Å²) in [4.78, 5) is 15.4. The van der Waals surface area contributed by atoms with E-state index in [-0.39, 0.29) is 5.69 Å². The van der Waals surface area contributed by atoms with E-state index in [1.54, 1.807) is 16.7 Å². The molecule has 0 spiro atoms. The van der Waals surface area contributed by atoms with Crippen molar-refractivity contribution in [3.8, 4) is 0 Å². The molecule has 0 saturated carbocycles. The van der Waals surface area contributed by atoms with Crippen LogP contribution in [0.3, 0.4) is 0 Å². The zero-order valence-corrected chi connectivity index (χ0v) is 9.75. The predicted octanol–water partition coefficient (Wildman–Crippen LogP) is 2.56. The Kier molecular flexibility index (Phi) is 2.59. The van der Waals surface area contributed by atoms with Crippen LogP contribution in [0.1, 0.15) is 28.7 Å². The summed E-state index contributed by atoms with van der Waals surface area (Å²) in [5, 5.41) is 9.74. The second kappa shape index (κ2) is 3.79. The molecule has 2 aromatic rings. The van der Waals surface area contributed by atoms with E-state index < -0.39 is 5.97 Å². The van der Waals surface area contributed by atoms with Crippen molar-refractivity contribution >= 4 is 23.2 Å². The lowest BCUT2D eigenvalue weighted by molar-refractivity contribution is 0.0688. The summed E-state index contributed by atoms with van der Waals surface area (Å²) >= 11 is 5.97. The molecule has 0 aliphatic rings. The van der Waals surface area contributed by atoms with Gasteiger partial charge < -0.3 is 5.11 Å². The number of halogens is 1. The average Bonchev–Trinajstić information content (AvgIpc) is 2.56. The van der Waals surface area contributed by atoms with Gasteiger partial charge in [0, 0.05) is 17.3 Å². The van der Waals surface area contributed by atoms with Crippen LogP contribution in [-0.4, -0.2) is 20.5 Å². The molecule has 0 unspecified atom stereocenters. The molecule has 2 aromatic heterocycles. The summed E-state index contributed by atoms with van der Waals surface area (Å²) in [5.41, 5.74) is 2.20. The van der Waals surface area contributed by atoms with Crippen LogP contribution in [0.25, 0.3) is 5.65 Å². The molecule has 4 nitrogen and oxygen atoms in total. The van der Waals surface area contributed by atoms with E-state index in [0.717, 1.165) is 5.56 Å². The summed E-state index contributed by atoms with van der Waals surface area (Å²) in [5.74, 6) is -0.967. The molecule has 0 aromatic carbocycles. The molecule has 0 aliphatic heterocycles. The average molecular weight is 239 g/mol. The zero-order chi connectivity index (χ0) is 11.9. The van der Waals surface area contributed by atoms with E-state index in [1.807, 2.05) is 13.8 Å². The number of fused-ring (bicyclic) bond motifs is 1. The molecule has 0 bridgehead atoms. The second-order valence-electron chi connectivity index (χ2n) is 3.60. The van der Waals surface area contributed by atoms with E-state index in [0.29, 0.717) is 22.8 Å². The van der Waals surface area contributed by atoms with E-state index in [9.17, 15) is 4.79 Å². The van der Waals surface area contributed by atoms with Crippen LogP contribution < -0.4 is 0 Å². The van der Waals surface area contributed by atoms with Crippen LogP contribution in [0.4, 0.5) is 0 Å². The Hall–Kier alpha value is -1.55. The molecule has 0 radical (unpaired) electrons. The van der Waals surface area contributed by atoms with E-state index in [4.69, 9.17) is 16.7 Å². The monoisotopic (exact) mass is 238 g/mol. The summed E-state index contributed by atoms with van der Waals surface area (Å²) in [6, 6.07) is 1.68. The highest BCUT2D eigenvalue weighted by Gasteiger charge is 2.17. The number of imidazole rings is 1. The molecule has 0 fully saturated rings. The number of nitrogens with zero attached hydrogens (tertiary/aromatic N) is 2. The Morgan fingerprint density at radius 3 is 2.88 bits per heavy atom. The highest BCUT2D eigenvalue weighted by Crippen LogP contribution is 2.20. The fourth-order valence-corrected chi connectivity index (χ4v) is 1.83. The number of aromatic nitrogens is 2. The number of carboxylic acid groups (broad SMARTS) is 1. The Morgan fingerprint density at radius 1 is 1.62 bits per heavy atom. The lowest BCUT2D eigenvalue weighted by atomic mass is 10.2. The minimum atomic E-state index is -0.967. The van der Waals surface area contributed by atoms with Gasteiger partial charge in [-0.2, -0.15) is 0 Å². The third-order valence-electron chi connectivity index (χ3n) is 2.50. The number of aromatic carboxylic acids is 1. The van der Waals surface area contributed by atoms with Crippen molar-refractivity contribution in [1.29, 1.82) is 0 Å². The Labute approximate surface area is 97.5 Å². The first-order chi connectivity index (χ1) is 7.54. The first kappa shape index (κ1) is 11.0. The molecule has 16 heavy (non-hydrogen) atoms. The Balaban J connectivity index is 2.84. The van der Waals surface area contributed by atoms with Crippen molar-refractivity contribution in [2.75, 3.05) is 0 Å². The number of carbonyl (C=O) groups is 1. The van der Waals surface area contributed by atoms with Gasteiger partial charge in [0.05, 0.1) is 5.69 Å². The van der Waals surface area contributed by atoms with Crippen LogP contribution >= 0.6 is 11.6 Å². The number of hydrogen-bond acceptors (Lipinski definition) is 2. The summed E-state index contributed by atoms with van der Waals surface area (Å²) < 4.78 is 1.57. The fourth-order valence-electron chi connectivity index (χ4n) is 1.69. The largest absolute Gasteiger partial charge is 0.477 e. The summed E-state index contributed by atoms with van der Waals surface area (Å²) in [7, 11) is 0. The maximum absolute atomic E-state index is 11.2. The first-order valence-electron chi connectivity index (χ1n) is 4.95. The predicted molar refractivity (Wildman–Crippen MR) is 61.3 cm³/mol. The van der Waals surface area contributed by atoms with Gasteiger partial charge in [0.25, 0.3) is 0 Å². The summed E-state index contributed by atoms with van der Waals surface area (Å²) in [6.07, 6.45) is 2.28. The van der Waals surface area contributed by atoms with Crippen molar-refractivity contribution in [2.24, 2.45) is 0 Å². The minimum Gasteiger partial charge on any atom is -0.477 e. The first-order valence-corrected chi connectivity index (χ1v) is 5.32. The van der Waals surface area contributed by atoms with E-state index in [2.05, 4.69) is 4.98 Å². The molecule has 0 amide bonds. The van der Waals surface area contributed by atoms with Gasteiger partial charge in [-0.1, -0.05) is 18.5 Å². The highest BCUT2D eigenvalue weighted by molar-refractivity contribution is 6.31. The van der Waals surface area contributed by atoms with Gasteiger partial charge in [0.2, 0.25) is 0 Å². The highest BCUT2D eigenvalue weighted by atomic mass is 35.5. The van der Waals surface area contributed by atoms with Gasteiger partial charge >= 0.3 is 5.97 Å². The maximum Gasteiger partial charge on any atom is 0.354 e. The number of rotatable bonds is 2. The topological polar surface area (TPSA) is 54.6 Å². The third-order valence-corrected chi connectivity index (χ3v) is 2.91. The lowest BCUT2D eigenvalue weighted by Crippen LogP contribution is -2.05. The van der Waals surface area contributed by atoms with Crippen molar-refractivity contribution < 1.29 is 9.90 Å². The van der Waals surface area contributed by atoms with Crippen molar-refractivity contribution in [3.63, 3.8) is 0 Å². The molecule has 5 heteroatoms. The quantitative estimate of drug-likeness (QED) is 0.875. The number of carboxylic acids is 1. The van der Waals surface area contributed by atoms with Crippen LogP contribution in [0.2, 0.25) is 5.02 Å². The van der Waals surface area contributed by atoms with Gasteiger partial charge in [-0.3, -0.25) is 4.40 Å². The fraction of sp³-hybridized carbons (Fsp3) is 0.273. The second-order valence-corrected chi connectivity index (χ2v) is 4.01. The molecule has 1 N–H and O–H groups in total. The summed E-state index contributed by atoms with van der Waals surface area (Å²) in [6.45, 7) is 3.71.